The Labute approximate surface area is 187 Å². The van der Waals surface area contributed by atoms with E-state index in [1.165, 1.54) is 0 Å². The Kier molecular flexibility index (Phi) is 13.2. The minimum Gasteiger partial charge on any atom is -0.379 e. The second-order valence-corrected chi connectivity index (χ2v) is 6.63. The van der Waals surface area contributed by atoms with Crippen LogP contribution in [0.2, 0.25) is 0 Å². The lowest BCUT2D eigenvalue weighted by molar-refractivity contribution is 0.0376. The van der Waals surface area contributed by atoms with Crippen LogP contribution in [0.3, 0.4) is 0 Å². The van der Waals surface area contributed by atoms with Crippen LogP contribution in [0.25, 0.3) is 0 Å². The van der Waals surface area contributed by atoms with Gasteiger partial charge in [-0.25, -0.2) is 9.98 Å². The number of anilines is 1. The van der Waals surface area contributed by atoms with Crippen LogP contribution in [-0.4, -0.2) is 74.9 Å². The number of hydrogen-bond acceptors (Lipinski definition) is 5. The molecule has 0 atom stereocenters. The van der Waals surface area contributed by atoms with Gasteiger partial charge in [0.1, 0.15) is 5.82 Å². The van der Waals surface area contributed by atoms with Gasteiger partial charge in [-0.05, 0) is 45.4 Å². The Hall–Kier alpha value is -1.13. The minimum absolute atomic E-state index is 0. The molecule has 28 heavy (non-hydrogen) atoms. The monoisotopic (exact) mass is 504 g/mol. The Morgan fingerprint density at radius 1 is 1.18 bits per heavy atom. The molecule has 0 bridgehead atoms. The first-order valence-corrected chi connectivity index (χ1v) is 10.3. The first-order chi connectivity index (χ1) is 13.3. The maximum atomic E-state index is 5.39. The van der Waals surface area contributed by atoms with Gasteiger partial charge < -0.3 is 20.3 Å². The smallest absolute Gasteiger partial charge is 0.191 e. The zero-order valence-corrected chi connectivity index (χ0v) is 19.9. The number of nitrogens with one attached hydrogen (secondary N) is 2. The molecule has 0 saturated carbocycles. The normalized spacial score (nSPS) is 15.0. The predicted octanol–water partition coefficient (Wildman–Crippen LogP) is 2.32. The van der Waals surface area contributed by atoms with Gasteiger partial charge in [-0.3, -0.25) is 4.90 Å². The molecule has 1 aliphatic rings. The SMILES string of the molecule is CCNC(=NCc1ccc(N(CC)CC)nc1)NCCCN1CCOCC1.I. The Bertz CT molecular complexity index is 544. The summed E-state index contributed by atoms with van der Waals surface area (Å²) >= 11 is 0. The number of pyridine rings is 1. The van der Waals surface area contributed by atoms with Gasteiger partial charge in [-0.15, -0.1) is 24.0 Å². The number of aromatic nitrogens is 1. The van der Waals surface area contributed by atoms with Crippen molar-refractivity contribution in [3.63, 3.8) is 0 Å². The van der Waals surface area contributed by atoms with E-state index in [2.05, 4.69) is 58.3 Å². The zero-order chi connectivity index (χ0) is 19.3. The second-order valence-electron chi connectivity index (χ2n) is 6.63. The van der Waals surface area contributed by atoms with Crippen molar-refractivity contribution < 1.29 is 4.74 Å². The first kappa shape index (κ1) is 24.9. The predicted molar refractivity (Wildman–Crippen MR) is 128 cm³/mol. The van der Waals surface area contributed by atoms with E-state index in [0.29, 0.717) is 6.54 Å². The molecule has 0 radical (unpaired) electrons. The van der Waals surface area contributed by atoms with Crippen LogP contribution >= 0.6 is 24.0 Å². The van der Waals surface area contributed by atoms with Crippen LogP contribution < -0.4 is 15.5 Å². The second kappa shape index (κ2) is 14.8. The number of rotatable bonds is 10. The molecule has 2 rings (SSSR count). The standard InChI is InChI=1S/C20H36N6O.HI/c1-4-21-20(22-10-7-11-25-12-14-27-15-13-25)24-17-18-8-9-19(23-16-18)26(5-2)6-3;/h8-9,16H,4-7,10-15,17H2,1-3H3,(H2,21,22,24);1H. The van der Waals surface area contributed by atoms with Crippen LogP contribution in [0, 0.1) is 0 Å². The maximum absolute atomic E-state index is 5.39. The molecule has 0 amide bonds. The quantitative estimate of drug-likeness (QED) is 0.221. The van der Waals surface area contributed by atoms with Gasteiger partial charge in [-0.2, -0.15) is 0 Å². The average molecular weight is 504 g/mol. The van der Waals surface area contributed by atoms with E-state index in [1.54, 1.807) is 0 Å². The summed E-state index contributed by atoms with van der Waals surface area (Å²) in [5.74, 6) is 1.90. The number of aliphatic imine (C=N–C) groups is 1. The molecule has 2 heterocycles. The van der Waals surface area contributed by atoms with Crippen molar-refractivity contribution in [3.8, 4) is 0 Å². The van der Waals surface area contributed by atoms with Crippen molar-refractivity contribution >= 4 is 35.8 Å². The van der Waals surface area contributed by atoms with Gasteiger partial charge in [0.05, 0.1) is 19.8 Å². The molecule has 1 aromatic rings. The summed E-state index contributed by atoms with van der Waals surface area (Å²) in [6.07, 6.45) is 3.03. The summed E-state index contributed by atoms with van der Waals surface area (Å²) in [4.78, 5) is 14.0. The molecule has 0 spiro atoms. The summed E-state index contributed by atoms with van der Waals surface area (Å²) < 4.78 is 5.39. The van der Waals surface area contributed by atoms with Crippen molar-refractivity contribution in [1.29, 1.82) is 0 Å². The number of halogens is 1. The van der Waals surface area contributed by atoms with Crippen molar-refractivity contribution in [2.45, 2.75) is 33.7 Å². The van der Waals surface area contributed by atoms with Gasteiger partial charge >= 0.3 is 0 Å². The number of guanidine groups is 1. The Balaban J connectivity index is 0.00000392. The summed E-state index contributed by atoms with van der Waals surface area (Å²) in [6.45, 7) is 15.7. The molecule has 1 aliphatic heterocycles. The lowest BCUT2D eigenvalue weighted by Gasteiger charge is -2.26. The van der Waals surface area contributed by atoms with Gasteiger partial charge in [0.15, 0.2) is 5.96 Å². The van der Waals surface area contributed by atoms with Crippen LogP contribution in [0.1, 0.15) is 32.8 Å². The summed E-state index contributed by atoms with van der Waals surface area (Å²) in [6, 6.07) is 4.20. The van der Waals surface area contributed by atoms with Crippen LogP contribution in [-0.2, 0) is 11.3 Å². The molecule has 160 valence electrons. The van der Waals surface area contributed by atoms with Crippen LogP contribution in [0.15, 0.2) is 23.3 Å². The molecular formula is C20H37IN6O. The van der Waals surface area contributed by atoms with E-state index in [0.717, 1.165) is 82.8 Å². The largest absolute Gasteiger partial charge is 0.379 e. The zero-order valence-electron chi connectivity index (χ0n) is 17.6. The fraction of sp³-hybridized carbons (Fsp3) is 0.700. The minimum atomic E-state index is 0. The van der Waals surface area contributed by atoms with E-state index in [4.69, 9.17) is 9.73 Å². The van der Waals surface area contributed by atoms with Crippen molar-refractivity contribution in [2.24, 2.45) is 4.99 Å². The van der Waals surface area contributed by atoms with E-state index >= 15 is 0 Å². The highest BCUT2D eigenvalue weighted by Gasteiger charge is 2.09. The van der Waals surface area contributed by atoms with Crippen molar-refractivity contribution in [3.05, 3.63) is 23.9 Å². The molecule has 0 aromatic carbocycles. The fourth-order valence-electron chi connectivity index (χ4n) is 3.09. The lowest BCUT2D eigenvalue weighted by atomic mass is 10.3. The van der Waals surface area contributed by atoms with E-state index < -0.39 is 0 Å². The topological polar surface area (TPSA) is 65.0 Å². The maximum Gasteiger partial charge on any atom is 0.191 e. The third-order valence-electron chi connectivity index (χ3n) is 4.71. The van der Waals surface area contributed by atoms with Crippen molar-refractivity contribution in [2.75, 3.05) is 63.9 Å². The molecule has 1 aromatic heterocycles. The van der Waals surface area contributed by atoms with E-state index in [1.807, 2.05) is 6.20 Å². The average Bonchev–Trinajstić information content (AvgIpc) is 2.72. The number of hydrogen-bond donors (Lipinski definition) is 2. The van der Waals surface area contributed by atoms with Gasteiger partial charge in [-0.1, -0.05) is 6.07 Å². The number of morpholine rings is 1. The Morgan fingerprint density at radius 2 is 1.93 bits per heavy atom. The lowest BCUT2D eigenvalue weighted by Crippen LogP contribution is -2.40. The summed E-state index contributed by atoms with van der Waals surface area (Å²) in [7, 11) is 0. The van der Waals surface area contributed by atoms with Crippen molar-refractivity contribution in [1.82, 2.24) is 20.5 Å². The molecule has 7 nitrogen and oxygen atoms in total. The third kappa shape index (κ3) is 8.91. The molecule has 1 fully saturated rings. The highest BCUT2D eigenvalue weighted by Crippen LogP contribution is 2.11. The van der Waals surface area contributed by atoms with E-state index in [9.17, 15) is 0 Å². The fourth-order valence-corrected chi connectivity index (χ4v) is 3.09. The summed E-state index contributed by atoms with van der Waals surface area (Å²) in [5.41, 5.74) is 1.12. The molecule has 0 aliphatic carbocycles. The van der Waals surface area contributed by atoms with Gasteiger partial charge in [0, 0.05) is 45.5 Å². The van der Waals surface area contributed by atoms with Crippen LogP contribution in [0.5, 0.6) is 0 Å². The highest BCUT2D eigenvalue weighted by molar-refractivity contribution is 14.0. The Morgan fingerprint density at radius 3 is 2.54 bits per heavy atom. The molecule has 8 heteroatoms. The summed E-state index contributed by atoms with van der Waals surface area (Å²) in [5, 5.41) is 6.75. The molecule has 0 unspecified atom stereocenters. The van der Waals surface area contributed by atoms with Crippen LogP contribution in [0.4, 0.5) is 5.82 Å². The first-order valence-electron chi connectivity index (χ1n) is 10.3. The number of ether oxygens (including phenoxy) is 1. The van der Waals surface area contributed by atoms with Gasteiger partial charge in [0.2, 0.25) is 0 Å². The molecular weight excluding hydrogens is 467 g/mol. The third-order valence-corrected chi connectivity index (χ3v) is 4.71. The molecule has 2 N–H and O–H groups in total. The van der Waals surface area contributed by atoms with Gasteiger partial charge in [0.25, 0.3) is 0 Å². The number of nitrogens with zero attached hydrogens (tertiary/aromatic N) is 4. The molecule has 1 saturated heterocycles. The highest BCUT2D eigenvalue weighted by atomic mass is 127. The van der Waals surface area contributed by atoms with E-state index in [-0.39, 0.29) is 24.0 Å².